The normalized spacial score (nSPS) is 13.5. The first kappa shape index (κ1) is 16.6. The minimum absolute atomic E-state index is 0.0113. The summed E-state index contributed by atoms with van der Waals surface area (Å²) in [4.78, 5) is 29.5. The number of likely N-dealkylation sites (N-methyl/N-ethyl adjacent to an activating group) is 1. The molecule has 2 amide bonds. The van der Waals surface area contributed by atoms with Gasteiger partial charge in [0.1, 0.15) is 6.54 Å². The molecule has 3 rings (SSSR count). The van der Waals surface area contributed by atoms with Crippen molar-refractivity contribution in [3.8, 4) is 0 Å². The third-order valence-electron chi connectivity index (χ3n) is 4.05. The molecule has 0 aromatic heterocycles. The Bertz CT molecular complexity index is 733. The van der Waals surface area contributed by atoms with Gasteiger partial charge in [-0.2, -0.15) is 0 Å². The number of hydrogen-bond acceptors (Lipinski definition) is 3. The van der Waals surface area contributed by atoms with Gasteiger partial charge < -0.3 is 9.80 Å². The summed E-state index contributed by atoms with van der Waals surface area (Å²) in [6.45, 7) is 3.24. The smallest absolute Gasteiger partial charge is 0.242 e. The highest BCUT2D eigenvalue weighted by Crippen LogP contribution is 2.34. The zero-order chi connectivity index (χ0) is 16.9. The van der Waals surface area contributed by atoms with Crippen LogP contribution in [0.25, 0.3) is 0 Å². The molecule has 2 aromatic rings. The monoisotopic (exact) mass is 340 g/mol. The van der Waals surface area contributed by atoms with Gasteiger partial charge in [0.2, 0.25) is 11.8 Å². The summed E-state index contributed by atoms with van der Waals surface area (Å²) >= 11 is 1.53. The van der Waals surface area contributed by atoms with E-state index in [2.05, 4.69) is 0 Å². The van der Waals surface area contributed by atoms with E-state index in [0.717, 1.165) is 16.1 Å². The van der Waals surface area contributed by atoms with Crippen LogP contribution >= 0.6 is 11.8 Å². The lowest BCUT2D eigenvalue weighted by molar-refractivity contribution is -0.131. The lowest BCUT2D eigenvalue weighted by atomic mass is 10.2. The molecular weight excluding hydrogens is 320 g/mol. The van der Waals surface area contributed by atoms with E-state index in [1.54, 1.807) is 9.80 Å². The van der Waals surface area contributed by atoms with E-state index in [4.69, 9.17) is 0 Å². The molecule has 0 fully saturated rings. The summed E-state index contributed by atoms with van der Waals surface area (Å²) in [6, 6.07) is 17.7. The van der Waals surface area contributed by atoms with Crippen molar-refractivity contribution in [2.75, 3.05) is 23.7 Å². The summed E-state index contributed by atoms with van der Waals surface area (Å²) in [6.07, 6.45) is 0. The molecule has 4 nitrogen and oxygen atoms in total. The van der Waals surface area contributed by atoms with Crippen molar-refractivity contribution in [2.45, 2.75) is 18.4 Å². The Morgan fingerprint density at radius 1 is 1.12 bits per heavy atom. The zero-order valence-corrected chi connectivity index (χ0v) is 14.5. The molecule has 1 heterocycles. The van der Waals surface area contributed by atoms with Crippen LogP contribution in [0.15, 0.2) is 59.5 Å². The predicted octanol–water partition coefficient (Wildman–Crippen LogP) is 3.17. The van der Waals surface area contributed by atoms with Crippen LogP contribution in [0.4, 0.5) is 5.69 Å². The summed E-state index contributed by atoms with van der Waals surface area (Å²) in [7, 11) is 0. The van der Waals surface area contributed by atoms with Gasteiger partial charge in [-0.25, -0.2) is 0 Å². The molecule has 0 saturated carbocycles. The second-order valence-corrected chi connectivity index (χ2v) is 6.65. The van der Waals surface area contributed by atoms with Gasteiger partial charge in [0.25, 0.3) is 0 Å². The van der Waals surface area contributed by atoms with Gasteiger partial charge in [-0.3, -0.25) is 9.59 Å². The topological polar surface area (TPSA) is 40.6 Å². The predicted molar refractivity (Wildman–Crippen MR) is 97.1 cm³/mol. The van der Waals surface area contributed by atoms with Crippen molar-refractivity contribution in [3.63, 3.8) is 0 Å². The van der Waals surface area contributed by atoms with Gasteiger partial charge >= 0.3 is 0 Å². The maximum atomic E-state index is 12.7. The molecule has 0 N–H and O–H groups in total. The molecule has 124 valence electrons. The minimum Gasteiger partial charge on any atom is -0.337 e. The highest BCUT2D eigenvalue weighted by molar-refractivity contribution is 8.00. The Balaban J connectivity index is 1.74. The quantitative estimate of drug-likeness (QED) is 0.839. The standard InChI is InChI=1S/C19H20N2O2S/c1-2-20(12-15-8-4-3-5-9-15)18(22)13-21-16-10-6-7-11-17(16)24-14-19(21)23/h3-11H,2,12-14H2,1H3. The number of amides is 2. The van der Waals surface area contributed by atoms with Crippen molar-refractivity contribution in [3.05, 3.63) is 60.2 Å². The average Bonchev–Trinajstić information content (AvgIpc) is 2.63. The lowest BCUT2D eigenvalue weighted by Gasteiger charge is -2.30. The fourth-order valence-electron chi connectivity index (χ4n) is 2.74. The molecule has 1 aliphatic rings. The van der Waals surface area contributed by atoms with E-state index in [-0.39, 0.29) is 18.4 Å². The number of thioether (sulfide) groups is 1. The first-order valence-corrected chi connectivity index (χ1v) is 9.01. The number of nitrogens with zero attached hydrogens (tertiary/aromatic N) is 2. The van der Waals surface area contributed by atoms with E-state index in [1.807, 2.05) is 61.5 Å². The Morgan fingerprint density at radius 3 is 2.58 bits per heavy atom. The number of hydrogen-bond donors (Lipinski definition) is 0. The maximum Gasteiger partial charge on any atom is 0.242 e. The molecule has 0 spiro atoms. The molecule has 0 atom stereocenters. The number of carbonyl (C=O) groups is 2. The molecule has 0 bridgehead atoms. The molecule has 0 aliphatic carbocycles. The van der Waals surface area contributed by atoms with Crippen molar-refractivity contribution >= 4 is 29.3 Å². The lowest BCUT2D eigenvalue weighted by Crippen LogP contribution is -2.44. The maximum absolute atomic E-state index is 12.7. The van der Waals surface area contributed by atoms with Crippen molar-refractivity contribution in [2.24, 2.45) is 0 Å². The zero-order valence-electron chi connectivity index (χ0n) is 13.6. The molecule has 2 aromatic carbocycles. The Labute approximate surface area is 146 Å². The molecular formula is C19H20N2O2S. The molecule has 5 heteroatoms. The molecule has 0 radical (unpaired) electrons. The van der Waals surface area contributed by atoms with Gasteiger partial charge in [-0.15, -0.1) is 11.8 Å². The summed E-state index contributed by atoms with van der Waals surface area (Å²) in [5, 5.41) is 0. The first-order valence-electron chi connectivity index (χ1n) is 8.03. The Morgan fingerprint density at radius 2 is 1.83 bits per heavy atom. The van der Waals surface area contributed by atoms with Gasteiger partial charge in [-0.05, 0) is 24.6 Å². The minimum atomic E-state index is -0.0311. The van der Waals surface area contributed by atoms with Gasteiger partial charge in [0.05, 0.1) is 11.4 Å². The van der Waals surface area contributed by atoms with E-state index < -0.39 is 0 Å². The second-order valence-electron chi connectivity index (χ2n) is 5.63. The SMILES string of the molecule is CCN(Cc1ccccc1)C(=O)CN1C(=O)CSc2ccccc21. The molecule has 0 unspecified atom stereocenters. The van der Waals surface area contributed by atoms with Crippen molar-refractivity contribution < 1.29 is 9.59 Å². The summed E-state index contributed by atoms with van der Waals surface area (Å²) < 4.78 is 0. The number of rotatable bonds is 5. The number of carbonyl (C=O) groups excluding carboxylic acids is 2. The van der Waals surface area contributed by atoms with Crippen LogP contribution in [-0.2, 0) is 16.1 Å². The number of benzene rings is 2. The van der Waals surface area contributed by atoms with Crippen LogP contribution in [0.1, 0.15) is 12.5 Å². The van der Waals surface area contributed by atoms with E-state index in [0.29, 0.717) is 18.8 Å². The molecule has 24 heavy (non-hydrogen) atoms. The van der Waals surface area contributed by atoms with Crippen LogP contribution in [-0.4, -0.2) is 35.6 Å². The van der Waals surface area contributed by atoms with E-state index in [1.165, 1.54) is 11.8 Å². The highest BCUT2D eigenvalue weighted by Gasteiger charge is 2.27. The van der Waals surface area contributed by atoms with Crippen molar-refractivity contribution in [1.82, 2.24) is 4.90 Å². The summed E-state index contributed by atoms with van der Waals surface area (Å²) in [5.41, 5.74) is 1.93. The van der Waals surface area contributed by atoms with E-state index in [9.17, 15) is 9.59 Å². The number of para-hydroxylation sites is 1. The van der Waals surface area contributed by atoms with Crippen LogP contribution in [0.5, 0.6) is 0 Å². The number of anilines is 1. The highest BCUT2D eigenvalue weighted by atomic mass is 32.2. The second kappa shape index (κ2) is 7.53. The largest absolute Gasteiger partial charge is 0.337 e. The van der Waals surface area contributed by atoms with E-state index >= 15 is 0 Å². The van der Waals surface area contributed by atoms with Crippen LogP contribution in [0.3, 0.4) is 0 Å². The van der Waals surface area contributed by atoms with Crippen LogP contribution in [0.2, 0.25) is 0 Å². The van der Waals surface area contributed by atoms with Gasteiger partial charge in [0, 0.05) is 18.0 Å². The summed E-state index contributed by atoms with van der Waals surface area (Å²) in [5.74, 6) is 0.342. The Hall–Kier alpha value is -2.27. The fourth-order valence-corrected chi connectivity index (χ4v) is 3.68. The number of fused-ring (bicyclic) bond motifs is 1. The third-order valence-corrected chi connectivity index (χ3v) is 5.10. The van der Waals surface area contributed by atoms with Gasteiger partial charge in [0.15, 0.2) is 0 Å². The van der Waals surface area contributed by atoms with Crippen LogP contribution < -0.4 is 4.90 Å². The average molecular weight is 340 g/mol. The van der Waals surface area contributed by atoms with Gasteiger partial charge in [-0.1, -0.05) is 42.5 Å². The van der Waals surface area contributed by atoms with Crippen molar-refractivity contribution in [1.29, 1.82) is 0 Å². The fraction of sp³-hybridized carbons (Fsp3) is 0.263. The molecule has 1 aliphatic heterocycles. The molecule has 0 saturated heterocycles. The Kier molecular flexibility index (Phi) is 5.20. The third kappa shape index (κ3) is 3.62. The first-order chi connectivity index (χ1) is 11.7. The van der Waals surface area contributed by atoms with Crippen LogP contribution in [0, 0.1) is 0 Å².